The second kappa shape index (κ2) is 6.45. The van der Waals surface area contributed by atoms with Gasteiger partial charge in [0.05, 0.1) is 23.3 Å². The minimum Gasteiger partial charge on any atom is -0.369 e. The first kappa shape index (κ1) is 16.9. The zero-order valence-corrected chi connectivity index (χ0v) is 15.6. The van der Waals surface area contributed by atoms with Crippen molar-refractivity contribution in [3.63, 3.8) is 0 Å². The van der Waals surface area contributed by atoms with Crippen molar-refractivity contribution in [3.8, 4) is 0 Å². The minimum atomic E-state index is -0.408. The van der Waals surface area contributed by atoms with E-state index in [9.17, 15) is 4.39 Å². The summed E-state index contributed by atoms with van der Waals surface area (Å²) in [6.45, 7) is 3.74. The molecule has 2 N–H and O–H groups in total. The van der Waals surface area contributed by atoms with Crippen molar-refractivity contribution in [3.05, 3.63) is 42.2 Å². The number of anilines is 3. The number of rotatable bonds is 4. The summed E-state index contributed by atoms with van der Waals surface area (Å²) >= 11 is 0. The Morgan fingerprint density at radius 3 is 3.00 bits per heavy atom. The number of hydrogen-bond acceptors (Lipinski definition) is 7. The van der Waals surface area contributed by atoms with Crippen LogP contribution in [-0.4, -0.2) is 45.7 Å². The van der Waals surface area contributed by atoms with Crippen molar-refractivity contribution < 1.29 is 8.91 Å². The van der Waals surface area contributed by atoms with Gasteiger partial charge in [0.25, 0.3) is 0 Å². The molecule has 1 atom stereocenters. The molecular formula is C19H20FN7O. The number of hydrogen-bond donors (Lipinski definition) is 2. The molecule has 0 unspecified atom stereocenters. The van der Waals surface area contributed by atoms with Crippen LogP contribution in [0, 0.1) is 12.7 Å². The second-order valence-electron chi connectivity index (χ2n) is 7.11. The van der Waals surface area contributed by atoms with Crippen LogP contribution < -0.4 is 15.5 Å². The summed E-state index contributed by atoms with van der Waals surface area (Å²) < 4.78 is 21.4. The van der Waals surface area contributed by atoms with Crippen LogP contribution in [0.25, 0.3) is 16.7 Å². The molecule has 8 nitrogen and oxygen atoms in total. The van der Waals surface area contributed by atoms with Crippen LogP contribution in [-0.2, 0) is 0 Å². The first-order valence-electron chi connectivity index (χ1n) is 9.20. The summed E-state index contributed by atoms with van der Waals surface area (Å²) in [5.74, 6) is 0.0425. The Morgan fingerprint density at radius 1 is 1.29 bits per heavy atom. The number of aryl methyl sites for hydroxylation is 1. The van der Waals surface area contributed by atoms with Gasteiger partial charge in [-0.1, -0.05) is 5.16 Å². The summed E-state index contributed by atoms with van der Waals surface area (Å²) in [5, 5.41) is 10.5. The minimum absolute atomic E-state index is 0.293. The van der Waals surface area contributed by atoms with E-state index in [1.165, 1.54) is 6.07 Å². The Bertz CT molecular complexity index is 1170. The van der Waals surface area contributed by atoms with Gasteiger partial charge in [0.15, 0.2) is 22.6 Å². The molecule has 0 amide bonds. The molecular weight excluding hydrogens is 361 g/mol. The van der Waals surface area contributed by atoms with E-state index in [-0.39, 0.29) is 0 Å². The van der Waals surface area contributed by atoms with E-state index in [1.54, 1.807) is 16.8 Å². The maximum Gasteiger partial charge on any atom is 0.200 e. The van der Waals surface area contributed by atoms with Gasteiger partial charge in [-0.15, -0.1) is 0 Å². The summed E-state index contributed by atoms with van der Waals surface area (Å²) in [7, 11) is 1.98. The van der Waals surface area contributed by atoms with E-state index >= 15 is 0 Å². The van der Waals surface area contributed by atoms with Crippen LogP contribution in [0.1, 0.15) is 12.1 Å². The zero-order chi connectivity index (χ0) is 19.3. The van der Waals surface area contributed by atoms with Gasteiger partial charge in [0.1, 0.15) is 0 Å². The molecule has 1 fully saturated rings. The summed E-state index contributed by atoms with van der Waals surface area (Å²) in [6, 6.07) is 3.82. The molecule has 0 spiro atoms. The molecule has 1 aliphatic heterocycles. The van der Waals surface area contributed by atoms with E-state index in [0.29, 0.717) is 34.3 Å². The molecule has 28 heavy (non-hydrogen) atoms. The maximum atomic E-state index is 14.3. The van der Waals surface area contributed by atoms with Crippen LogP contribution in [0.3, 0.4) is 0 Å². The van der Waals surface area contributed by atoms with Crippen molar-refractivity contribution in [2.24, 2.45) is 0 Å². The van der Waals surface area contributed by atoms with Crippen LogP contribution in [0.5, 0.6) is 0 Å². The number of fused-ring (bicyclic) bond motifs is 2. The lowest BCUT2D eigenvalue weighted by molar-refractivity contribution is 0.460. The Morgan fingerprint density at radius 2 is 2.18 bits per heavy atom. The summed E-state index contributed by atoms with van der Waals surface area (Å²) in [4.78, 5) is 11.0. The van der Waals surface area contributed by atoms with Crippen molar-refractivity contribution in [2.45, 2.75) is 19.4 Å². The van der Waals surface area contributed by atoms with Crippen LogP contribution in [0.15, 0.2) is 35.2 Å². The molecule has 0 radical (unpaired) electrons. The number of imidazole rings is 1. The molecule has 0 aromatic carbocycles. The third-order valence-corrected chi connectivity index (χ3v) is 5.15. The van der Waals surface area contributed by atoms with Gasteiger partial charge in [0.2, 0.25) is 5.82 Å². The first-order chi connectivity index (χ1) is 13.6. The molecule has 144 valence electrons. The smallest absolute Gasteiger partial charge is 0.200 e. The third-order valence-electron chi connectivity index (χ3n) is 5.15. The monoisotopic (exact) mass is 381 g/mol. The normalized spacial score (nSPS) is 17.1. The Kier molecular flexibility index (Phi) is 3.90. The topological polar surface area (TPSA) is 83.5 Å². The van der Waals surface area contributed by atoms with Crippen molar-refractivity contribution in [1.29, 1.82) is 0 Å². The number of nitrogens with one attached hydrogen (secondary N) is 2. The van der Waals surface area contributed by atoms with Gasteiger partial charge in [-0.05, 0) is 20.4 Å². The molecule has 4 aromatic rings. The fourth-order valence-electron chi connectivity index (χ4n) is 3.69. The van der Waals surface area contributed by atoms with Gasteiger partial charge in [-0.2, -0.15) is 0 Å². The predicted octanol–water partition coefficient (Wildman–Crippen LogP) is 2.86. The molecule has 0 saturated carbocycles. The standard InChI is InChI=1S/C19H20FN7O/c1-11-8-27-10-13(5-15(20)19(27)23-11)24-18-17-16(28-25-18)6-14(7-22-17)26-4-3-12(9-26)21-2/h5-8,10,12,21H,3-4,9H2,1-2H3,(H,24,25)/t12-/m1/s1. The number of likely N-dealkylation sites (N-methyl/N-ethyl adjacent to an activating group) is 1. The number of halogens is 1. The van der Waals surface area contributed by atoms with Gasteiger partial charge in [-0.25, -0.2) is 14.4 Å². The predicted molar refractivity (Wildman–Crippen MR) is 105 cm³/mol. The molecule has 0 aliphatic carbocycles. The van der Waals surface area contributed by atoms with Crippen molar-refractivity contribution in [1.82, 2.24) is 24.8 Å². The molecule has 0 bridgehead atoms. The zero-order valence-electron chi connectivity index (χ0n) is 15.6. The fraction of sp³-hybridized carbons (Fsp3) is 0.316. The van der Waals surface area contributed by atoms with E-state index in [4.69, 9.17) is 4.52 Å². The maximum absolute atomic E-state index is 14.3. The highest BCUT2D eigenvalue weighted by molar-refractivity contribution is 5.88. The van der Waals surface area contributed by atoms with E-state index in [0.717, 1.165) is 30.9 Å². The average molecular weight is 381 g/mol. The van der Waals surface area contributed by atoms with Crippen LogP contribution in [0.2, 0.25) is 0 Å². The second-order valence-corrected chi connectivity index (χ2v) is 7.11. The highest BCUT2D eigenvalue weighted by atomic mass is 19.1. The molecule has 1 saturated heterocycles. The van der Waals surface area contributed by atoms with Gasteiger partial charge < -0.3 is 24.5 Å². The first-order valence-corrected chi connectivity index (χ1v) is 9.20. The number of pyridine rings is 2. The largest absolute Gasteiger partial charge is 0.369 e. The van der Waals surface area contributed by atoms with E-state index < -0.39 is 5.82 Å². The van der Waals surface area contributed by atoms with Gasteiger partial charge >= 0.3 is 0 Å². The lowest BCUT2D eigenvalue weighted by atomic mass is 10.3. The molecule has 1 aliphatic rings. The Hall–Kier alpha value is -3.20. The summed E-state index contributed by atoms with van der Waals surface area (Å²) in [5.41, 5.74) is 3.79. The third kappa shape index (κ3) is 2.84. The Balaban J connectivity index is 1.44. The molecule has 9 heteroatoms. The lowest BCUT2D eigenvalue weighted by Crippen LogP contribution is -2.29. The molecule has 4 aromatic heterocycles. The van der Waals surface area contributed by atoms with E-state index in [2.05, 4.69) is 30.7 Å². The quantitative estimate of drug-likeness (QED) is 0.562. The highest BCUT2D eigenvalue weighted by Crippen LogP contribution is 2.29. The number of aromatic nitrogens is 4. The average Bonchev–Trinajstić information content (AvgIpc) is 3.39. The Labute approximate surface area is 160 Å². The van der Waals surface area contributed by atoms with Crippen molar-refractivity contribution in [2.75, 3.05) is 30.4 Å². The van der Waals surface area contributed by atoms with E-state index in [1.807, 2.05) is 26.2 Å². The van der Waals surface area contributed by atoms with Crippen molar-refractivity contribution >= 4 is 33.9 Å². The van der Waals surface area contributed by atoms with Crippen LogP contribution in [0.4, 0.5) is 21.6 Å². The highest BCUT2D eigenvalue weighted by Gasteiger charge is 2.22. The summed E-state index contributed by atoms with van der Waals surface area (Å²) in [6.07, 6.45) is 6.45. The SMILES string of the molecule is CN[C@@H]1CCN(c2cnc3c(Nc4cc(F)c5nc(C)cn5c4)noc3c2)C1. The molecule has 5 heterocycles. The van der Waals surface area contributed by atoms with Crippen LogP contribution >= 0.6 is 0 Å². The van der Waals surface area contributed by atoms with Gasteiger partial charge in [-0.3, -0.25) is 0 Å². The molecule has 5 rings (SSSR count). The number of nitrogens with zero attached hydrogens (tertiary/aromatic N) is 5. The fourth-order valence-corrected chi connectivity index (χ4v) is 3.69. The lowest BCUT2D eigenvalue weighted by Gasteiger charge is -2.17. The van der Waals surface area contributed by atoms with Gasteiger partial charge in [0, 0.05) is 43.7 Å².